The smallest absolute Gasteiger partial charge is 0.449 e. The van der Waals surface area contributed by atoms with Crippen LogP contribution in [0.25, 0.3) is 0 Å². The van der Waals surface area contributed by atoms with Crippen molar-refractivity contribution in [1.29, 1.82) is 0 Å². The van der Waals surface area contributed by atoms with Crippen LogP contribution in [0.3, 0.4) is 0 Å². The maximum absolute atomic E-state index is 12.9. The second-order valence-corrected chi connectivity index (χ2v) is 11.2. The number of esters is 1. The van der Waals surface area contributed by atoms with Gasteiger partial charge in [-0.3, -0.25) is 0 Å². The number of ether oxygens (including phenoxy) is 2. The fourth-order valence-corrected chi connectivity index (χ4v) is 4.13. The summed E-state index contributed by atoms with van der Waals surface area (Å²) >= 11 is 0. The van der Waals surface area contributed by atoms with Crippen molar-refractivity contribution in [3.8, 4) is 5.75 Å². The van der Waals surface area contributed by atoms with Gasteiger partial charge in [-0.2, -0.15) is 8.42 Å². The Balaban J connectivity index is 1.64. The van der Waals surface area contributed by atoms with E-state index in [1.807, 2.05) is 81.4 Å². The summed E-state index contributed by atoms with van der Waals surface area (Å²) < 4.78 is 44.8. The third-order valence-electron chi connectivity index (χ3n) is 5.21. The van der Waals surface area contributed by atoms with Crippen LogP contribution in [0.15, 0.2) is 84.9 Å². The van der Waals surface area contributed by atoms with Crippen LogP contribution in [-0.4, -0.2) is 33.1 Å². The monoisotopic (exact) mass is 555 g/mol. The van der Waals surface area contributed by atoms with E-state index < -0.39 is 28.5 Å². The highest BCUT2D eigenvalue weighted by atomic mass is 32.3. The largest absolute Gasteiger partial charge is 0.459 e. The highest BCUT2D eigenvalue weighted by Gasteiger charge is 2.24. The zero-order valence-electron chi connectivity index (χ0n) is 22.2. The van der Waals surface area contributed by atoms with E-state index in [4.69, 9.17) is 17.8 Å². The average Bonchev–Trinajstić information content (AvgIpc) is 2.91. The van der Waals surface area contributed by atoms with Gasteiger partial charge in [-0.25, -0.2) is 13.8 Å². The van der Waals surface area contributed by atoms with Gasteiger partial charge in [-0.1, -0.05) is 93.6 Å². The van der Waals surface area contributed by atoms with E-state index in [0.717, 1.165) is 11.1 Å². The van der Waals surface area contributed by atoms with E-state index in [1.54, 1.807) is 12.1 Å². The van der Waals surface area contributed by atoms with Crippen molar-refractivity contribution in [2.75, 3.05) is 6.61 Å². The van der Waals surface area contributed by atoms with Crippen LogP contribution in [0, 0.1) is 5.41 Å². The SMILES string of the molecule is CC(C)(C)COS(=O)(=O)Oc1ccc(CC(NC(=O)OCc2ccccc2)C(=O)OCc2ccccc2)cc1. The summed E-state index contributed by atoms with van der Waals surface area (Å²) in [5.41, 5.74) is 1.86. The number of rotatable bonds is 12. The van der Waals surface area contributed by atoms with Gasteiger partial charge in [0.2, 0.25) is 0 Å². The first-order valence-corrected chi connectivity index (χ1v) is 13.7. The molecule has 208 valence electrons. The molecule has 39 heavy (non-hydrogen) atoms. The molecule has 0 fully saturated rings. The van der Waals surface area contributed by atoms with Crippen LogP contribution >= 0.6 is 0 Å². The van der Waals surface area contributed by atoms with E-state index in [9.17, 15) is 18.0 Å². The van der Waals surface area contributed by atoms with Gasteiger partial charge in [0.25, 0.3) is 0 Å². The minimum atomic E-state index is -4.24. The van der Waals surface area contributed by atoms with Gasteiger partial charge >= 0.3 is 22.5 Å². The second-order valence-electron chi connectivity index (χ2n) is 10.0. The molecule has 3 aromatic carbocycles. The van der Waals surface area contributed by atoms with Crippen molar-refractivity contribution in [2.24, 2.45) is 5.41 Å². The molecule has 3 rings (SSSR count). The van der Waals surface area contributed by atoms with Crippen molar-refractivity contribution in [3.63, 3.8) is 0 Å². The fourth-order valence-electron chi connectivity index (χ4n) is 3.24. The molecule has 1 amide bonds. The maximum Gasteiger partial charge on any atom is 0.449 e. The van der Waals surface area contributed by atoms with Gasteiger partial charge in [-0.05, 0) is 34.2 Å². The first kappa shape index (κ1) is 29.7. The molecule has 0 radical (unpaired) electrons. The molecule has 0 aromatic heterocycles. The molecule has 3 aromatic rings. The lowest BCUT2D eigenvalue weighted by molar-refractivity contribution is -0.147. The Kier molecular flexibility index (Phi) is 10.5. The number of amides is 1. The standard InChI is InChI=1S/C29H33NO8S/c1-29(2,3)21-37-39(33,34)38-25-16-14-22(15-17-25)18-26(27(31)35-19-23-10-6-4-7-11-23)30-28(32)36-20-24-12-8-5-9-13-24/h4-17,26H,18-21H2,1-3H3,(H,30,32). The lowest BCUT2D eigenvalue weighted by Gasteiger charge is -2.18. The van der Waals surface area contributed by atoms with Gasteiger partial charge in [0, 0.05) is 6.42 Å². The van der Waals surface area contributed by atoms with Crippen LogP contribution in [0.2, 0.25) is 0 Å². The number of hydrogen-bond donors (Lipinski definition) is 1. The van der Waals surface area contributed by atoms with Crippen molar-refractivity contribution in [3.05, 3.63) is 102 Å². The zero-order valence-corrected chi connectivity index (χ0v) is 23.0. The number of carbonyl (C=O) groups is 2. The Hall–Kier alpha value is -3.89. The Bertz CT molecular complexity index is 1300. The summed E-state index contributed by atoms with van der Waals surface area (Å²) in [5.74, 6) is -0.597. The predicted octanol–water partition coefficient (Wildman–Crippen LogP) is 4.95. The number of benzene rings is 3. The summed E-state index contributed by atoms with van der Waals surface area (Å²) in [6, 6.07) is 23.3. The normalized spacial score (nSPS) is 12.3. The molecule has 0 aliphatic heterocycles. The Morgan fingerprint density at radius 1 is 0.769 bits per heavy atom. The summed E-state index contributed by atoms with van der Waals surface area (Å²) in [5, 5.41) is 2.57. The van der Waals surface area contributed by atoms with E-state index >= 15 is 0 Å². The molecule has 10 heteroatoms. The minimum Gasteiger partial charge on any atom is -0.459 e. The van der Waals surface area contributed by atoms with Crippen LogP contribution in [0.1, 0.15) is 37.5 Å². The molecule has 0 heterocycles. The van der Waals surface area contributed by atoms with Gasteiger partial charge in [0.05, 0.1) is 6.61 Å². The van der Waals surface area contributed by atoms with E-state index in [-0.39, 0.29) is 37.4 Å². The molecular weight excluding hydrogens is 522 g/mol. The van der Waals surface area contributed by atoms with Crippen LogP contribution in [-0.2, 0) is 48.5 Å². The fraction of sp³-hybridized carbons (Fsp3) is 0.310. The zero-order chi connectivity index (χ0) is 28.3. The number of hydrogen-bond acceptors (Lipinski definition) is 8. The number of alkyl carbamates (subject to hydrolysis) is 1. The van der Waals surface area contributed by atoms with Crippen molar-refractivity contribution >= 4 is 22.5 Å². The average molecular weight is 556 g/mol. The molecule has 0 aliphatic carbocycles. The van der Waals surface area contributed by atoms with Crippen LogP contribution in [0.5, 0.6) is 5.75 Å². The van der Waals surface area contributed by atoms with Gasteiger partial charge < -0.3 is 19.0 Å². The molecule has 1 atom stereocenters. The molecule has 0 saturated carbocycles. The van der Waals surface area contributed by atoms with E-state index in [0.29, 0.717) is 5.56 Å². The van der Waals surface area contributed by atoms with E-state index in [2.05, 4.69) is 5.32 Å². The first-order chi connectivity index (χ1) is 18.5. The van der Waals surface area contributed by atoms with E-state index in [1.165, 1.54) is 12.1 Å². The predicted molar refractivity (Wildman–Crippen MR) is 145 cm³/mol. The maximum atomic E-state index is 12.9. The van der Waals surface area contributed by atoms with Gasteiger partial charge in [0.15, 0.2) is 0 Å². The molecule has 0 aliphatic rings. The Morgan fingerprint density at radius 3 is 1.85 bits per heavy atom. The van der Waals surface area contributed by atoms with Crippen LogP contribution in [0.4, 0.5) is 4.79 Å². The highest BCUT2D eigenvalue weighted by molar-refractivity contribution is 7.82. The molecule has 0 saturated heterocycles. The second kappa shape index (κ2) is 13.8. The Morgan fingerprint density at radius 2 is 1.31 bits per heavy atom. The molecule has 1 unspecified atom stereocenters. The summed E-state index contributed by atoms with van der Waals surface area (Å²) in [7, 11) is -4.24. The third-order valence-corrected chi connectivity index (χ3v) is 6.01. The summed E-state index contributed by atoms with van der Waals surface area (Å²) in [6.45, 7) is 5.55. The molecular formula is C29H33NO8S. The first-order valence-electron chi connectivity index (χ1n) is 12.3. The van der Waals surface area contributed by atoms with Gasteiger partial charge in [0.1, 0.15) is 25.0 Å². The lowest BCUT2D eigenvalue weighted by Crippen LogP contribution is -2.43. The Labute approximate surface area is 229 Å². The van der Waals surface area contributed by atoms with Crippen molar-refractivity contribution in [2.45, 2.75) is 46.4 Å². The molecule has 9 nitrogen and oxygen atoms in total. The van der Waals surface area contributed by atoms with Crippen molar-refractivity contribution in [1.82, 2.24) is 5.32 Å². The van der Waals surface area contributed by atoms with Crippen molar-refractivity contribution < 1.29 is 35.8 Å². The minimum absolute atomic E-state index is 0.0355. The lowest BCUT2D eigenvalue weighted by atomic mass is 9.99. The quantitative estimate of drug-likeness (QED) is 0.312. The number of nitrogens with one attached hydrogen (secondary N) is 1. The molecule has 0 spiro atoms. The van der Waals surface area contributed by atoms with Gasteiger partial charge in [-0.15, -0.1) is 0 Å². The summed E-state index contributed by atoms with van der Waals surface area (Å²) in [6.07, 6.45) is -0.704. The molecule has 1 N–H and O–H groups in total. The highest BCUT2D eigenvalue weighted by Crippen LogP contribution is 2.19. The topological polar surface area (TPSA) is 117 Å². The summed E-state index contributed by atoms with van der Waals surface area (Å²) in [4.78, 5) is 25.4. The van der Waals surface area contributed by atoms with Crippen LogP contribution < -0.4 is 9.50 Å². The third kappa shape index (κ3) is 11.2. The number of carbonyl (C=O) groups excluding carboxylic acids is 2. The molecule has 0 bridgehead atoms.